The molecule has 2 N–H and O–H groups in total. The lowest BCUT2D eigenvalue weighted by molar-refractivity contribution is -0.143. The van der Waals surface area contributed by atoms with Gasteiger partial charge in [0.25, 0.3) is 0 Å². The summed E-state index contributed by atoms with van der Waals surface area (Å²) in [6.07, 6.45) is -7.09. The largest absolute Gasteiger partial charge is 0.435 e. The Labute approximate surface area is 146 Å². The quantitative estimate of drug-likeness (QED) is 0.470. The number of nitrogens with zero attached hydrogens (tertiary/aromatic N) is 4. The van der Waals surface area contributed by atoms with Crippen LogP contribution in [-0.2, 0) is 19.8 Å². The number of aryl methyl sites for hydroxylation is 1. The van der Waals surface area contributed by atoms with E-state index in [0.29, 0.717) is 6.42 Å². The predicted molar refractivity (Wildman–Crippen MR) is 82.4 cm³/mol. The number of aliphatic imine (C=N–C) groups is 1. The van der Waals surface area contributed by atoms with Crippen molar-refractivity contribution in [3.63, 3.8) is 0 Å². The molecule has 1 fully saturated rings. The van der Waals surface area contributed by atoms with Crippen LogP contribution in [0.5, 0.6) is 0 Å². The lowest BCUT2D eigenvalue weighted by Gasteiger charge is -2.19. The van der Waals surface area contributed by atoms with Gasteiger partial charge in [0.05, 0.1) is 6.54 Å². The van der Waals surface area contributed by atoms with Crippen molar-refractivity contribution < 1.29 is 26.3 Å². The lowest BCUT2D eigenvalue weighted by atomic mass is 10.2. The van der Waals surface area contributed by atoms with E-state index in [4.69, 9.17) is 0 Å². The van der Waals surface area contributed by atoms with Gasteiger partial charge >= 0.3 is 12.4 Å². The minimum atomic E-state index is -4.57. The second-order valence-electron chi connectivity index (χ2n) is 6.08. The van der Waals surface area contributed by atoms with Gasteiger partial charge in [-0.15, -0.1) is 0 Å². The van der Waals surface area contributed by atoms with Crippen LogP contribution in [0.25, 0.3) is 0 Å². The molecular weight excluding hydrogens is 366 g/mol. The first-order valence-corrected chi connectivity index (χ1v) is 7.84. The first-order valence-electron chi connectivity index (χ1n) is 7.84. The summed E-state index contributed by atoms with van der Waals surface area (Å²) >= 11 is 0. The van der Waals surface area contributed by atoms with E-state index in [0.717, 1.165) is 4.68 Å². The number of guanidine groups is 1. The van der Waals surface area contributed by atoms with Crippen molar-refractivity contribution in [1.29, 1.82) is 0 Å². The third kappa shape index (κ3) is 5.78. The summed E-state index contributed by atoms with van der Waals surface area (Å²) in [6.45, 7) is -0.681. The zero-order chi connectivity index (χ0) is 19.5. The van der Waals surface area contributed by atoms with Gasteiger partial charge < -0.3 is 10.6 Å². The van der Waals surface area contributed by atoms with Crippen LogP contribution in [0.2, 0.25) is 0 Å². The average Bonchev–Trinajstić information content (AvgIpc) is 3.07. The topological polar surface area (TPSA) is 57.5 Å². The normalized spacial score (nSPS) is 19.8. The first-order chi connectivity index (χ1) is 12.0. The Morgan fingerprint density at radius 3 is 2.58 bits per heavy atom. The standard InChI is InChI=1S/C14H20F6N6/c1-21-12(23-10-3-4-26(7-10)8-13(15,16)17)22-5-9-6-25(2)24-11(9)14(18,19)20/h6,10H,3-5,7-8H2,1-2H3,(H2,21,22,23). The number of hydrogen-bond acceptors (Lipinski definition) is 3. The summed E-state index contributed by atoms with van der Waals surface area (Å²) in [5.74, 6) is 0.223. The number of nitrogens with one attached hydrogen (secondary N) is 2. The minimum absolute atomic E-state index is 0.0481. The summed E-state index contributed by atoms with van der Waals surface area (Å²) in [5.41, 5.74) is -1.03. The van der Waals surface area contributed by atoms with Crippen LogP contribution in [0.1, 0.15) is 17.7 Å². The monoisotopic (exact) mass is 386 g/mol. The molecule has 0 spiro atoms. The average molecular weight is 386 g/mol. The number of halogens is 6. The third-order valence-corrected chi connectivity index (χ3v) is 3.86. The SMILES string of the molecule is CN=C(NCc1cn(C)nc1C(F)(F)F)NC1CCN(CC(F)(F)F)C1. The molecule has 0 aromatic carbocycles. The van der Waals surface area contributed by atoms with Gasteiger partial charge in [-0.25, -0.2) is 0 Å². The highest BCUT2D eigenvalue weighted by Gasteiger charge is 2.37. The zero-order valence-corrected chi connectivity index (χ0v) is 14.2. The van der Waals surface area contributed by atoms with E-state index in [9.17, 15) is 26.3 Å². The number of likely N-dealkylation sites (tertiary alicyclic amines) is 1. The zero-order valence-electron chi connectivity index (χ0n) is 14.2. The molecule has 6 nitrogen and oxygen atoms in total. The maximum atomic E-state index is 12.9. The maximum Gasteiger partial charge on any atom is 0.435 e. The highest BCUT2D eigenvalue weighted by atomic mass is 19.4. The number of alkyl halides is 6. The lowest BCUT2D eigenvalue weighted by Crippen LogP contribution is -2.45. The summed E-state index contributed by atoms with van der Waals surface area (Å²) in [5, 5.41) is 9.10. The Morgan fingerprint density at radius 1 is 1.31 bits per heavy atom. The fraction of sp³-hybridized carbons (Fsp3) is 0.714. The molecule has 0 aliphatic carbocycles. The van der Waals surface area contributed by atoms with E-state index >= 15 is 0 Å². The smallest absolute Gasteiger partial charge is 0.352 e. The van der Waals surface area contributed by atoms with Gasteiger partial charge in [0.15, 0.2) is 11.7 Å². The van der Waals surface area contributed by atoms with Crippen molar-refractivity contribution >= 4 is 5.96 Å². The summed E-state index contributed by atoms with van der Waals surface area (Å²) in [6, 6.07) is -0.264. The molecule has 12 heteroatoms. The van der Waals surface area contributed by atoms with Crippen LogP contribution < -0.4 is 10.6 Å². The van der Waals surface area contributed by atoms with E-state index in [-0.39, 0.29) is 37.2 Å². The van der Waals surface area contributed by atoms with E-state index in [1.165, 1.54) is 25.2 Å². The summed E-state index contributed by atoms with van der Waals surface area (Å²) < 4.78 is 77.1. The number of aromatic nitrogens is 2. The molecule has 1 aliphatic rings. The summed E-state index contributed by atoms with van der Waals surface area (Å²) in [7, 11) is 2.82. The molecule has 2 rings (SSSR count). The molecule has 0 saturated carbocycles. The van der Waals surface area contributed by atoms with E-state index in [1.54, 1.807) is 0 Å². The highest BCUT2D eigenvalue weighted by molar-refractivity contribution is 5.80. The third-order valence-electron chi connectivity index (χ3n) is 3.86. The van der Waals surface area contributed by atoms with Crippen molar-refractivity contribution in [2.24, 2.45) is 12.0 Å². The van der Waals surface area contributed by atoms with E-state index in [1.807, 2.05) is 0 Å². The van der Waals surface area contributed by atoms with Gasteiger partial charge in [-0.05, 0) is 6.42 Å². The first kappa shape index (κ1) is 20.3. The van der Waals surface area contributed by atoms with Crippen molar-refractivity contribution in [2.45, 2.75) is 31.4 Å². The van der Waals surface area contributed by atoms with Gasteiger partial charge in [-0.1, -0.05) is 0 Å². The molecule has 0 radical (unpaired) electrons. The fourth-order valence-electron chi connectivity index (χ4n) is 2.82. The molecule has 148 valence electrons. The Bertz CT molecular complexity index is 635. The Morgan fingerprint density at radius 2 is 2.00 bits per heavy atom. The molecule has 0 bridgehead atoms. The van der Waals surface area contributed by atoms with E-state index in [2.05, 4.69) is 20.7 Å². The summed E-state index contributed by atoms with van der Waals surface area (Å²) in [4.78, 5) is 5.18. The molecule has 1 aromatic heterocycles. The van der Waals surface area contributed by atoms with Gasteiger partial charge in [0.1, 0.15) is 0 Å². The minimum Gasteiger partial charge on any atom is -0.352 e. The molecule has 0 amide bonds. The van der Waals surface area contributed by atoms with Crippen molar-refractivity contribution in [3.8, 4) is 0 Å². The van der Waals surface area contributed by atoms with Gasteiger partial charge in [-0.3, -0.25) is 14.6 Å². The van der Waals surface area contributed by atoms with Crippen LogP contribution in [-0.4, -0.2) is 59.5 Å². The molecule has 1 aromatic rings. The second kappa shape index (κ2) is 7.72. The second-order valence-corrected chi connectivity index (χ2v) is 6.08. The Hall–Kier alpha value is -1.98. The van der Waals surface area contributed by atoms with Crippen LogP contribution in [0, 0.1) is 0 Å². The molecule has 1 aliphatic heterocycles. The molecular formula is C14H20F6N6. The molecule has 1 atom stereocenters. The highest BCUT2D eigenvalue weighted by Crippen LogP contribution is 2.30. The Kier molecular flexibility index (Phi) is 6.04. The Balaban J connectivity index is 1.90. The van der Waals surface area contributed by atoms with Crippen molar-refractivity contribution in [2.75, 3.05) is 26.7 Å². The van der Waals surface area contributed by atoms with E-state index < -0.39 is 24.6 Å². The maximum absolute atomic E-state index is 12.9. The molecule has 26 heavy (non-hydrogen) atoms. The van der Waals surface area contributed by atoms with Crippen LogP contribution in [0.3, 0.4) is 0 Å². The number of hydrogen-bond donors (Lipinski definition) is 2. The van der Waals surface area contributed by atoms with Crippen molar-refractivity contribution in [3.05, 3.63) is 17.5 Å². The molecule has 1 unspecified atom stereocenters. The fourth-order valence-corrected chi connectivity index (χ4v) is 2.82. The van der Waals surface area contributed by atoms with Gasteiger partial charge in [0, 0.05) is 51.5 Å². The number of rotatable bonds is 4. The van der Waals surface area contributed by atoms with Crippen molar-refractivity contribution in [1.82, 2.24) is 25.3 Å². The van der Waals surface area contributed by atoms with Crippen LogP contribution >= 0.6 is 0 Å². The van der Waals surface area contributed by atoms with Gasteiger partial charge in [-0.2, -0.15) is 31.4 Å². The molecule has 2 heterocycles. The predicted octanol–water partition coefficient (Wildman–Crippen LogP) is 1.74. The van der Waals surface area contributed by atoms with Gasteiger partial charge in [0.2, 0.25) is 0 Å². The van der Waals surface area contributed by atoms with Crippen LogP contribution in [0.15, 0.2) is 11.2 Å². The molecule has 1 saturated heterocycles. The van der Waals surface area contributed by atoms with Crippen LogP contribution in [0.4, 0.5) is 26.3 Å².